The van der Waals surface area contributed by atoms with Gasteiger partial charge in [-0.2, -0.15) is 0 Å². The minimum atomic E-state index is 0.405. The number of ether oxygens (including phenoxy) is 1. The Bertz CT molecular complexity index is 223. The van der Waals surface area contributed by atoms with Crippen molar-refractivity contribution in [3.63, 3.8) is 0 Å². The largest absolute Gasteiger partial charge is 0.393 e. The molecule has 0 radical (unpaired) electrons. The van der Waals surface area contributed by atoms with Crippen molar-refractivity contribution >= 4 is 17.2 Å². The highest BCUT2D eigenvalue weighted by atomic mass is 32.1. The second kappa shape index (κ2) is 7.20. The maximum absolute atomic E-state index is 5.81. The molecule has 3 nitrogen and oxygen atoms in total. The van der Waals surface area contributed by atoms with E-state index in [1.807, 2.05) is 0 Å². The third-order valence-corrected chi connectivity index (χ3v) is 3.25. The molecule has 0 aliphatic carbocycles. The van der Waals surface area contributed by atoms with Gasteiger partial charge in [-0.05, 0) is 32.7 Å². The molecule has 1 saturated heterocycles. The summed E-state index contributed by atoms with van der Waals surface area (Å²) in [4.78, 5) is 3.06. The molecule has 0 amide bonds. The topological polar surface area (TPSA) is 38.5 Å². The second-order valence-electron chi connectivity index (χ2n) is 4.65. The normalized spacial score (nSPS) is 24.2. The summed E-state index contributed by atoms with van der Waals surface area (Å²) in [7, 11) is 0. The van der Waals surface area contributed by atoms with Crippen molar-refractivity contribution in [2.24, 2.45) is 5.73 Å². The van der Waals surface area contributed by atoms with E-state index in [0.717, 1.165) is 32.5 Å². The number of nitrogens with zero attached hydrogens (tertiary/aromatic N) is 1. The van der Waals surface area contributed by atoms with Crippen LogP contribution in [0.5, 0.6) is 0 Å². The predicted molar refractivity (Wildman–Crippen MR) is 71.7 cm³/mol. The van der Waals surface area contributed by atoms with Gasteiger partial charge in [0.1, 0.15) is 0 Å². The number of likely N-dealkylation sites (tertiary alicyclic amines) is 1. The van der Waals surface area contributed by atoms with Crippen molar-refractivity contribution in [3.05, 3.63) is 0 Å². The van der Waals surface area contributed by atoms with Crippen LogP contribution >= 0.6 is 12.2 Å². The van der Waals surface area contributed by atoms with Crippen molar-refractivity contribution in [1.29, 1.82) is 0 Å². The highest BCUT2D eigenvalue weighted by molar-refractivity contribution is 7.80. The first-order chi connectivity index (χ1) is 7.63. The minimum absolute atomic E-state index is 0.405. The van der Waals surface area contributed by atoms with E-state index in [4.69, 9.17) is 22.7 Å². The molecule has 1 heterocycles. The smallest absolute Gasteiger partial charge is 0.0742 e. The lowest BCUT2D eigenvalue weighted by Gasteiger charge is -2.36. The predicted octanol–water partition coefficient (Wildman–Crippen LogP) is 1.94. The summed E-state index contributed by atoms with van der Waals surface area (Å²) in [6, 6.07) is 0.450. The standard InChI is InChI=1S/C12H24N2OS/c1-3-7-15-11-5-4-6-14(9-11)10(2)8-12(13)16/h10-11H,3-9H2,1-2H3,(H2,13,16). The van der Waals surface area contributed by atoms with Crippen molar-refractivity contribution in [2.75, 3.05) is 19.7 Å². The van der Waals surface area contributed by atoms with E-state index in [1.54, 1.807) is 0 Å². The maximum atomic E-state index is 5.81. The van der Waals surface area contributed by atoms with Gasteiger partial charge in [0, 0.05) is 25.6 Å². The van der Waals surface area contributed by atoms with Gasteiger partial charge in [0.2, 0.25) is 0 Å². The van der Waals surface area contributed by atoms with Crippen LogP contribution < -0.4 is 5.73 Å². The Labute approximate surface area is 104 Å². The number of piperidine rings is 1. The molecule has 0 saturated carbocycles. The Hall–Kier alpha value is -0.190. The van der Waals surface area contributed by atoms with Crippen LogP contribution in [0.1, 0.15) is 39.5 Å². The van der Waals surface area contributed by atoms with Gasteiger partial charge in [0.25, 0.3) is 0 Å². The van der Waals surface area contributed by atoms with Crippen LogP contribution in [0.25, 0.3) is 0 Å². The van der Waals surface area contributed by atoms with Gasteiger partial charge in [0.15, 0.2) is 0 Å². The maximum Gasteiger partial charge on any atom is 0.0742 e. The Kier molecular flexibility index (Phi) is 6.24. The average molecular weight is 244 g/mol. The van der Waals surface area contributed by atoms with Crippen molar-refractivity contribution in [2.45, 2.75) is 51.7 Å². The summed E-state index contributed by atoms with van der Waals surface area (Å²) >= 11 is 4.96. The van der Waals surface area contributed by atoms with Crippen LogP contribution in [0.4, 0.5) is 0 Å². The van der Waals surface area contributed by atoms with Gasteiger partial charge < -0.3 is 10.5 Å². The van der Waals surface area contributed by atoms with E-state index in [1.165, 1.54) is 12.8 Å². The quantitative estimate of drug-likeness (QED) is 0.725. The monoisotopic (exact) mass is 244 g/mol. The second-order valence-corrected chi connectivity index (χ2v) is 5.17. The fourth-order valence-corrected chi connectivity index (χ4v) is 2.45. The van der Waals surface area contributed by atoms with E-state index < -0.39 is 0 Å². The lowest BCUT2D eigenvalue weighted by molar-refractivity contribution is -0.00948. The van der Waals surface area contributed by atoms with E-state index in [-0.39, 0.29) is 0 Å². The van der Waals surface area contributed by atoms with Gasteiger partial charge in [-0.25, -0.2) is 0 Å². The summed E-state index contributed by atoms with van der Waals surface area (Å²) in [5.41, 5.74) is 5.59. The molecule has 2 N–H and O–H groups in total. The van der Waals surface area contributed by atoms with E-state index in [9.17, 15) is 0 Å². The molecule has 0 spiro atoms. The third-order valence-electron chi connectivity index (χ3n) is 3.09. The zero-order chi connectivity index (χ0) is 12.0. The molecule has 1 rings (SSSR count). The van der Waals surface area contributed by atoms with E-state index >= 15 is 0 Å². The number of thiocarbonyl (C=S) groups is 1. The zero-order valence-corrected chi connectivity index (χ0v) is 11.3. The Morgan fingerprint density at radius 2 is 2.38 bits per heavy atom. The number of hydrogen-bond donors (Lipinski definition) is 1. The van der Waals surface area contributed by atoms with Gasteiger partial charge in [-0.15, -0.1) is 0 Å². The highest BCUT2D eigenvalue weighted by Crippen LogP contribution is 2.17. The highest BCUT2D eigenvalue weighted by Gasteiger charge is 2.23. The minimum Gasteiger partial charge on any atom is -0.393 e. The first-order valence-corrected chi connectivity index (χ1v) is 6.68. The molecule has 16 heavy (non-hydrogen) atoms. The molecular formula is C12H24N2OS. The summed E-state index contributed by atoms with van der Waals surface area (Å²) < 4.78 is 5.81. The number of rotatable bonds is 6. The van der Waals surface area contributed by atoms with Crippen molar-refractivity contribution in [3.8, 4) is 0 Å². The summed E-state index contributed by atoms with van der Waals surface area (Å²) in [6.45, 7) is 7.40. The Morgan fingerprint density at radius 1 is 1.62 bits per heavy atom. The molecule has 4 heteroatoms. The van der Waals surface area contributed by atoms with E-state index in [2.05, 4.69) is 18.7 Å². The molecular weight excluding hydrogens is 220 g/mol. The number of nitrogens with two attached hydrogens (primary N) is 1. The first-order valence-electron chi connectivity index (χ1n) is 6.27. The Balaban J connectivity index is 2.34. The lowest BCUT2D eigenvalue weighted by Crippen LogP contribution is -2.45. The van der Waals surface area contributed by atoms with Crippen LogP contribution in [-0.2, 0) is 4.74 Å². The fourth-order valence-electron chi connectivity index (χ4n) is 2.21. The fraction of sp³-hybridized carbons (Fsp3) is 0.917. The molecule has 1 aliphatic heterocycles. The van der Waals surface area contributed by atoms with Gasteiger partial charge in [-0.3, -0.25) is 4.90 Å². The zero-order valence-electron chi connectivity index (χ0n) is 10.4. The van der Waals surface area contributed by atoms with Gasteiger partial charge in [0.05, 0.1) is 11.1 Å². The van der Waals surface area contributed by atoms with Crippen LogP contribution in [-0.4, -0.2) is 41.7 Å². The van der Waals surface area contributed by atoms with Crippen molar-refractivity contribution < 1.29 is 4.74 Å². The lowest BCUT2D eigenvalue weighted by atomic mass is 10.0. The molecule has 94 valence electrons. The summed E-state index contributed by atoms with van der Waals surface area (Å²) in [5.74, 6) is 0. The molecule has 1 aliphatic rings. The molecule has 2 atom stereocenters. The number of hydrogen-bond acceptors (Lipinski definition) is 3. The van der Waals surface area contributed by atoms with E-state index in [0.29, 0.717) is 17.1 Å². The van der Waals surface area contributed by atoms with Crippen LogP contribution in [0.3, 0.4) is 0 Å². The third kappa shape index (κ3) is 4.76. The van der Waals surface area contributed by atoms with Gasteiger partial charge in [-0.1, -0.05) is 19.1 Å². The summed E-state index contributed by atoms with van der Waals surface area (Å²) in [5, 5.41) is 0. The van der Waals surface area contributed by atoms with Crippen LogP contribution in [0.2, 0.25) is 0 Å². The van der Waals surface area contributed by atoms with Crippen LogP contribution in [0, 0.1) is 0 Å². The Morgan fingerprint density at radius 3 is 3.00 bits per heavy atom. The SMILES string of the molecule is CCCOC1CCCN(C(C)CC(N)=S)C1. The molecule has 0 aromatic heterocycles. The molecule has 1 fully saturated rings. The summed E-state index contributed by atoms with van der Waals surface area (Å²) in [6.07, 6.45) is 4.73. The molecule has 2 unspecified atom stereocenters. The van der Waals surface area contributed by atoms with Gasteiger partial charge >= 0.3 is 0 Å². The van der Waals surface area contributed by atoms with Crippen molar-refractivity contribution in [1.82, 2.24) is 4.90 Å². The molecule has 0 bridgehead atoms. The average Bonchev–Trinajstić information content (AvgIpc) is 2.26. The van der Waals surface area contributed by atoms with Crippen LogP contribution in [0.15, 0.2) is 0 Å². The first kappa shape index (κ1) is 13.9. The molecule has 0 aromatic rings. The molecule has 0 aromatic carbocycles.